The maximum absolute atomic E-state index is 5.30. The fourth-order valence-corrected chi connectivity index (χ4v) is 2.50. The molecule has 0 aliphatic rings. The summed E-state index contributed by atoms with van der Waals surface area (Å²) in [6.07, 6.45) is 2.94. The Balaban J connectivity index is 1.78. The molecule has 0 aliphatic carbocycles. The summed E-state index contributed by atoms with van der Waals surface area (Å²) in [5.41, 5.74) is 2.34. The van der Waals surface area contributed by atoms with Gasteiger partial charge < -0.3 is 10.1 Å². The van der Waals surface area contributed by atoms with Gasteiger partial charge in [0, 0.05) is 25.3 Å². The van der Waals surface area contributed by atoms with Crippen LogP contribution in [0.25, 0.3) is 10.6 Å². The number of H-pyrrole nitrogens is 1. The molecule has 2 aromatic rings. The van der Waals surface area contributed by atoms with Crippen molar-refractivity contribution in [2.75, 3.05) is 19.8 Å². The van der Waals surface area contributed by atoms with Crippen LogP contribution in [-0.2, 0) is 11.3 Å². The molecule has 0 fully saturated rings. The Labute approximate surface area is 111 Å². The summed E-state index contributed by atoms with van der Waals surface area (Å²) < 4.78 is 5.30. The van der Waals surface area contributed by atoms with Crippen LogP contribution in [-0.4, -0.2) is 30.0 Å². The quantitative estimate of drug-likeness (QED) is 0.721. The maximum Gasteiger partial charge on any atom is 0.0794 e. The number of nitrogens with one attached hydrogen (secondary N) is 2. The van der Waals surface area contributed by atoms with Crippen LogP contribution in [0.3, 0.4) is 0 Å². The van der Waals surface area contributed by atoms with E-state index in [1.54, 1.807) is 11.3 Å². The summed E-state index contributed by atoms with van der Waals surface area (Å²) in [6, 6.07) is 4.16. The van der Waals surface area contributed by atoms with Crippen molar-refractivity contribution in [1.29, 1.82) is 0 Å². The molecule has 98 valence electrons. The van der Waals surface area contributed by atoms with E-state index in [4.69, 9.17) is 4.74 Å². The largest absolute Gasteiger partial charge is 0.382 e. The van der Waals surface area contributed by atoms with Gasteiger partial charge in [-0.05, 0) is 31.3 Å². The predicted octanol–water partition coefficient (Wildman–Crippen LogP) is 2.65. The highest BCUT2D eigenvalue weighted by molar-refractivity contribution is 7.13. The van der Waals surface area contributed by atoms with E-state index in [1.807, 2.05) is 13.1 Å². The van der Waals surface area contributed by atoms with Crippen molar-refractivity contribution >= 4 is 11.3 Å². The van der Waals surface area contributed by atoms with Gasteiger partial charge in [-0.15, -0.1) is 11.3 Å². The lowest BCUT2D eigenvalue weighted by Crippen LogP contribution is -2.16. The molecule has 2 heterocycles. The molecular formula is C13H19N3OS. The fourth-order valence-electron chi connectivity index (χ4n) is 1.75. The van der Waals surface area contributed by atoms with E-state index in [2.05, 4.69) is 33.0 Å². The normalized spacial score (nSPS) is 10.9. The number of aromatic amines is 1. The third-order valence-electron chi connectivity index (χ3n) is 2.65. The zero-order chi connectivity index (χ0) is 12.6. The van der Waals surface area contributed by atoms with Crippen molar-refractivity contribution in [3.8, 4) is 10.6 Å². The first-order chi connectivity index (χ1) is 8.92. The molecule has 0 aromatic carbocycles. The van der Waals surface area contributed by atoms with E-state index in [-0.39, 0.29) is 0 Å². The Bertz CT molecular complexity index is 439. The fraction of sp³-hybridized carbons (Fsp3) is 0.462. The van der Waals surface area contributed by atoms with Crippen LogP contribution in [0.5, 0.6) is 0 Å². The first-order valence-corrected chi connectivity index (χ1v) is 7.14. The maximum atomic E-state index is 5.30. The Morgan fingerprint density at radius 2 is 2.44 bits per heavy atom. The summed E-state index contributed by atoms with van der Waals surface area (Å²) in [4.78, 5) is 1.23. The summed E-state index contributed by atoms with van der Waals surface area (Å²) >= 11 is 1.73. The summed E-state index contributed by atoms with van der Waals surface area (Å²) in [5.74, 6) is 0. The summed E-state index contributed by atoms with van der Waals surface area (Å²) in [6.45, 7) is 5.45. The van der Waals surface area contributed by atoms with Crippen LogP contribution in [0, 0.1) is 0 Å². The van der Waals surface area contributed by atoms with E-state index < -0.39 is 0 Å². The van der Waals surface area contributed by atoms with Gasteiger partial charge in [-0.2, -0.15) is 5.10 Å². The van der Waals surface area contributed by atoms with Crippen molar-refractivity contribution in [3.05, 3.63) is 29.3 Å². The molecule has 0 saturated carbocycles. The molecule has 0 unspecified atom stereocenters. The SMILES string of the molecule is CCOCCCNCc1cn[nH]c1-c1cccs1. The van der Waals surface area contributed by atoms with Crippen LogP contribution in [0.1, 0.15) is 18.9 Å². The smallest absolute Gasteiger partial charge is 0.0794 e. The van der Waals surface area contributed by atoms with Gasteiger partial charge in [-0.1, -0.05) is 6.07 Å². The second-order valence-corrected chi connectivity index (χ2v) is 4.92. The topological polar surface area (TPSA) is 49.9 Å². The highest BCUT2D eigenvalue weighted by Gasteiger charge is 2.07. The molecule has 5 heteroatoms. The molecule has 0 aliphatic heterocycles. The Morgan fingerprint density at radius 1 is 1.50 bits per heavy atom. The van der Waals surface area contributed by atoms with Gasteiger partial charge in [0.25, 0.3) is 0 Å². The number of ether oxygens (including phenoxy) is 1. The van der Waals surface area contributed by atoms with Crippen LogP contribution < -0.4 is 5.32 Å². The highest BCUT2D eigenvalue weighted by Crippen LogP contribution is 2.25. The second kappa shape index (κ2) is 7.31. The summed E-state index contributed by atoms with van der Waals surface area (Å²) in [5, 5.41) is 12.7. The minimum atomic E-state index is 0.796. The zero-order valence-corrected chi connectivity index (χ0v) is 11.4. The highest BCUT2D eigenvalue weighted by atomic mass is 32.1. The molecule has 0 bridgehead atoms. The van der Waals surface area contributed by atoms with E-state index >= 15 is 0 Å². The number of rotatable bonds is 8. The van der Waals surface area contributed by atoms with Crippen molar-refractivity contribution in [1.82, 2.24) is 15.5 Å². The number of hydrogen-bond acceptors (Lipinski definition) is 4. The van der Waals surface area contributed by atoms with Gasteiger partial charge in [-0.3, -0.25) is 5.10 Å². The standard InChI is InChI=1S/C13H19N3OS/c1-2-17-7-4-6-14-9-11-10-15-16-13(11)12-5-3-8-18-12/h3,5,8,10,14H,2,4,6-7,9H2,1H3,(H,15,16). The molecule has 0 amide bonds. The Hall–Kier alpha value is -1.17. The van der Waals surface area contributed by atoms with Crippen molar-refractivity contribution in [2.24, 2.45) is 0 Å². The van der Waals surface area contributed by atoms with Gasteiger partial charge in [0.05, 0.1) is 16.8 Å². The lowest BCUT2D eigenvalue weighted by Gasteiger charge is -2.05. The van der Waals surface area contributed by atoms with E-state index in [0.29, 0.717) is 0 Å². The predicted molar refractivity (Wildman–Crippen MR) is 74.7 cm³/mol. The van der Waals surface area contributed by atoms with Gasteiger partial charge in [0.15, 0.2) is 0 Å². The van der Waals surface area contributed by atoms with Gasteiger partial charge in [0.1, 0.15) is 0 Å². The minimum absolute atomic E-state index is 0.796. The Morgan fingerprint density at radius 3 is 3.22 bits per heavy atom. The molecule has 2 aromatic heterocycles. The molecule has 2 N–H and O–H groups in total. The molecular weight excluding hydrogens is 246 g/mol. The third kappa shape index (κ3) is 3.66. The van der Waals surface area contributed by atoms with Crippen molar-refractivity contribution in [2.45, 2.75) is 19.9 Å². The molecule has 2 rings (SSSR count). The molecule has 0 atom stereocenters. The number of thiophene rings is 1. The zero-order valence-electron chi connectivity index (χ0n) is 10.6. The van der Waals surface area contributed by atoms with E-state index in [1.165, 1.54) is 10.4 Å². The van der Waals surface area contributed by atoms with Crippen LogP contribution in [0.4, 0.5) is 0 Å². The van der Waals surface area contributed by atoms with Crippen molar-refractivity contribution < 1.29 is 4.74 Å². The van der Waals surface area contributed by atoms with Crippen LogP contribution >= 0.6 is 11.3 Å². The second-order valence-electron chi connectivity index (χ2n) is 3.97. The molecule has 0 radical (unpaired) electrons. The number of nitrogens with zero attached hydrogens (tertiary/aromatic N) is 1. The van der Waals surface area contributed by atoms with Crippen LogP contribution in [0.2, 0.25) is 0 Å². The van der Waals surface area contributed by atoms with Gasteiger partial charge in [0.2, 0.25) is 0 Å². The average Bonchev–Trinajstić information content (AvgIpc) is 3.03. The monoisotopic (exact) mass is 265 g/mol. The first-order valence-electron chi connectivity index (χ1n) is 6.26. The lowest BCUT2D eigenvalue weighted by molar-refractivity contribution is 0.144. The van der Waals surface area contributed by atoms with Crippen molar-refractivity contribution in [3.63, 3.8) is 0 Å². The number of hydrogen-bond donors (Lipinski definition) is 2. The first kappa shape index (κ1) is 13.3. The summed E-state index contributed by atoms with van der Waals surface area (Å²) in [7, 11) is 0. The molecule has 0 saturated heterocycles. The number of aromatic nitrogens is 2. The average molecular weight is 265 g/mol. The lowest BCUT2D eigenvalue weighted by atomic mass is 10.2. The Kier molecular flexibility index (Phi) is 5.38. The van der Waals surface area contributed by atoms with Crippen LogP contribution in [0.15, 0.2) is 23.7 Å². The minimum Gasteiger partial charge on any atom is -0.382 e. The van der Waals surface area contributed by atoms with Gasteiger partial charge in [-0.25, -0.2) is 0 Å². The van der Waals surface area contributed by atoms with E-state index in [0.717, 1.165) is 38.4 Å². The molecule has 18 heavy (non-hydrogen) atoms. The molecule has 4 nitrogen and oxygen atoms in total. The molecule has 0 spiro atoms. The van der Waals surface area contributed by atoms with E-state index in [9.17, 15) is 0 Å². The third-order valence-corrected chi connectivity index (χ3v) is 3.53. The van der Waals surface area contributed by atoms with Gasteiger partial charge >= 0.3 is 0 Å².